The molecule has 1 aliphatic heterocycles. The minimum Gasteiger partial charge on any atom is -0.317 e. The third-order valence-corrected chi connectivity index (χ3v) is 4.78. The zero-order valence-electron chi connectivity index (χ0n) is 12.1. The molecule has 1 aromatic rings. The molecule has 22 heavy (non-hydrogen) atoms. The van der Waals surface area contributed by atoms with E-state index in [0.717, 1.165) is 0 Å². The van der Waals surface area contributed by atoms with Gasteiger partial charge >= 0.3 is 5.91 Å². The van der Waals surface area contributed by atoms with Crippen LogP contribution < -0.4 is 10.7 Å². The van der Waals surface area contributed by atoms with Gasteiger partial charge in [0, 0.05) is 20.1 Å². The lowest BCUT2D eigenvalue weighted by molar-refractivity contribution is -0.687. The van der Waals surface area contributed by atoms with Gasteiger partial charge in [-0.3, -0.25) is 5.73 Å². The van der Waals surface area contributed by atoms with E-state index in [1.165, 1.54) is 26.4 Å². The molecule has 1 aliphatic carbocycles. The van der Waals surface area contributed by atoms with Gasteiger partial charge in [0.05, 0.1) is 12.1 Å². The first-order valence-corrected chi connectivity index (χ1v) is 6.59. The number of amidine groups is 1. The second kappa shape index (κ2) is 4.26. The number of methoxy groups -OCH3 is 2. The molecule has 6 nitrogen and oxygen atoms in total. The zero-order valence-corrected chi connectivity index (χ0v) is 12.1. The summed E-state index contributed by atoms with van der Waals surface area (Å²) in [6.07, 6.45) is 0. The van der Waals surface area contributed by atoms with E-state index in [1.54, 1.807) is 12.1 Å². The molecule has 0 amide bonds. The van der Waals surface area contributed by atoms with Crippen LogP contribution >= 0.6 is 0 Å². The molecule has 1 heterocycles. The van der Waals surface area contributed by atoms with Gasteiger partial charge in [-0.1, -0.05) is 12.1 Å². The lowest BCUT2D eigenvalue weighted by Gasteiger charge is -2.26. The van der Waals surface area contributed by atoms with Crippen molar-refractivity contribution in [2.75, 3.05) is 14.2 Å². The summed E-state index contributed by atoms with van der Waals surface area (Å²) in [4.78, 5) is 2.79. The minimum atomic E-state index is -1.53. The van der Waals surface area contributed by atoms with E-state index in [9.17, 15) is 14.9 Å². The fourth-order valence-electron chi connectivity index (χ4n) is 3.77. The monoisotopic (exact) mass is 301 g/mol. The number of fused-ring (bicyclic) bond motifs is 1. The van der Waals surface area contributed by atoms with Crippen LogP contribution in [0.15, 0.2) is 24.3 Å². The first-order valence-electron chi connectivity index (χ1n) is 6.59. The van der Waals surface area contributed by atoms with Crippen molar-refractivity contribution in [3.8, 4) is 12.1 Å². The van der Waals surface area contributed by atoms with Gasteiger partial charge in [-0.2, -0.15) is 10.5 Å². The third kappa shape index (κ3) is 1.22. The summed E-state index contributed by atoms with van der Waals surface area (Å²) in [6.45, 7) is 0. The van der Waals surface area contributed by atoms with Crippen LogP contribution in [0.25, 0.3) is 0 Å². The minimum absolute atomic E-state index is 0.120. The second-order valence-electron chi connectivity index (χ2n) is 5.39. The largest absolute Gasteiger partial charge is 0.342 e. The SMILES string of the molecule is COC1(OC)[NH+]=C(N)C2(C#N)C(c3ccc(F)cc3)C12C#N. The molecule has 3 rings (SSSR count). The highest BCUT2D eigenvalue weighted by atomic mass is 19.1. The van der Waals surface area contributed by atoms with Gasteiger partial charge in [0.15, 0.2) is 10.8 Å². The van der Waals surface area contributed by atoms with Crippen LogP contribution in [-0.2, 0) is 9.47 Å². The Morgan fingerprint density at radius 1 is 1.18 bits per heavy atom. The van der Waals surface area contributed by atoms with Crippen molar-refractivity contribution in [1.82, 2.24) is 0 Å². The first-order chi connectivity index (χ1) is 10.5. The number of halogens is 1. The molecule has 0 aromatic heterocycles. The molecule has 0 spiro atoms. The van der Waals surface area contributed by atoms with Crippen LogP contribution in [0.3, 0.4) is 0 Å². The molecule has 0 saturated heterocycles. The van der Waals surface area contributed by atoms with Crippen LogP contribution in [0.5, 0.6) is 0 Å². The summed E-state index contributed by atoms with van der Waals surface area (Å²) in [5.74, 6) is -2.38. The predicted molar refractivity (Wildman–Crippen MR) is 72.1 cm³/mol. The van der Waals surface area contributed by atoms with Crippen LogP contribution in [0, 0.1) is 39.3 Å². The number of benzene rings is 1. The lowest BCUT2D eigenvalue weighted by atomic mass is 9.93. The first kappa shape index (κ1) is 14.5. The van der Waals surface area contributed by atoms with Crippen LogP contribution in [0.4, 0.5) is 4.39 Å². The Kier molecular flexibility index (Phi) is 2.80. The van der Waals surface area contributed by atoms with E-state index in [4.69, 9.17) is 15.2 Å². The molecule has 1 aromatic carbocycles. The molecule has 0 radical (unpaired) electrons. The number of nitrogens with zero attached hydrogens (tertiary/aromatic N) is 2. The summed E-state index contributed by atoms with van der Waals surface area (Å²) >= 11 is 0. The smallest absolute Gasteiger partial charge is 0.317 e. The summed E-state index contributed by atoms with van der Waals surface area (Å²) in [5.41, 5.74) is 4.01. The van der Waals surface area contributed by atoms with Crippen LogP contribution in [-0.4, -0.2) is 26.0 Å². The van der Waals surface area contributed by atoms with Crippen molar-refractivity contribution in [2.24, 2.45) is 16.6 Å². The van der Waals surface area contributed by atoms with E-state index >= 15 is 0 Å². The number of nitrogens with two attached hydrogens (primary N) is 1. The molecule has 3 atom stereocenters. The molecule has 2 aliphatic rings. The summed E-state index contributed by atoms with van der Waals surface area (Å²) in [5, 5.41) is 19.5. The Labute approximate surface area is 126 Å². The van der Waals surface area contributed by atoms with E-state index in [0.29, 0.717) is 5.56 Å². The normalized spacial score (nSPS) is 34.2. The summed E-state index contributed by atoms with van der Waals surface area (Å²) < 4.78 is 23.9. The van der Waals surface area contributed by atoms with Gasteiger partial charge in [0.25, 0.3) is 5.84 Å². The Bertz CT molecular complexity index is 744. The molecule has 1 fully saturated rings. The van der Waals surface area contributed by atoms with Crippen molar-refractivity contribution < 1.29 is 18.9 Å². The third-order valence-electron chi connectivity index (χ3n) is 4.78. The van der Waals surface area contributed by atoms with Crippen molar-refractivity contribution in [2.45, 2.75) is 11.8 Å². The average molecular weight is 301 g/mol. The number of nitriles is 2. The fraction of sp³-hybridized carbons (Fsp3) is 0.400. The highest BCUT2D eigenvalue weighted by Gasteiger charge is 2.96. The molecule has 0 bridgehead atoms. The van der Waals surface area contributed by atoms with Gasteiger partial charge < -0.3 is 9.47 Å². The van der Waals surface area contributed by atoms with Gasteiger partial charge in [-0.05, 0) is 17.7 Å². The van der Waals surface area contributed by atoms with Crippen molar-refractivity contribution in [3.63, 3.8) is 0 Å². The second-order valence-corrected chi connectivity index (χ2v) is 5.39. The molecule has 7 heteroatoms. The molecular formula is C15H14FN4O2+. The van der Waals surface area contributed by atoms with Gasteiger partial charge in [-0.25, -0.2) is 9.38 Å². The molecule has 1 saturated carbocycles. The number of hydrogen-bond donors (Lipinski definition) is 2. The average Bonchev–Trinajstić information content (AvgIpc) is 3.11. The maximum Gasteiger partial charge on any atom is 0.342 e. The van der Waals surface area contributed by atoms with E-state index < -0.39 is 28.5 Å². The van der Waals surface area contributed by atoms with Crippen molar-refractivity contribution in [1.29, 1.82) is 10.5 Å². The Morgan fingerprint density at radius 3 is 2.23 bits per heavy atom. The van der Waals surface area contributed by atoms with E-state index in [-0.39, 0.29) is 5.84 Å². The maximum absolute atomic E-state index is 13.2. The van der Waals surface area contributed by atoms with Gasteiger partial charge in [0.1, 0.15) is 5.82 Å². The standard InChI is InChI=1S/C15H13FN4O2/c1-21-15(22-2)14(8-18)11(9-3-5-10(16)6-4-9)13(14,7-17)12(19)20-15/h3-6,11H,1-2H3,(H2,19,20)/p+1. The Hall–Kier alpha value is -2.48. The summed E-state index contributed by atoms with van der Waals surface area (Å²) in [7, 11) is 2.74. The molecular weight excluding hydrogens is 287 g/mol. The van der Waals surface area contributed by atoms with Crippen molar-refractivity contribution >= 4 is 5.84 Å². The highest BCUT2D eigenvalue weighted by molar-refractivity contribution is 5.95. The quantitative estimate of drug-likeness (QED) is 0.721. The summed E-state index contributed by atoms with van der Waals surface area (Å²) in [6, 6.07) is 9.95. The lowest BCUT2D eigenvalue weighted by Crippen LogP contribution is -2.90. The molecule has 3 N–H and O–H groups in total. The topological polar surface area (TPSA) is 106 Å². The number of hydrogen-bond acceptors (Lipinski definition) is 5. The van der Waals surface area contributed by atoms with Crippen LogP contribution in [0.1, 0.15) is 11.5 Å². The molecule has 3 unspecified atom stereocenters. The van der Waals surface area contributed by atoms with E-state index in [2.05, 4.69) is 17.1 Å². The van der Waals surface area contributed by atoms with Gasteiger partial charge in [-0.15, -0.1) is 0 Å². The Morgan fingerprint density at radius 2 is 1.77 bits per heavy atom. The predicted octanol–water partition coefficient (Wildman–Crippen LogP) is -0.659. The highest BCUT2D eigenvalue weighted by Crippen LogP contribution is 2.78. The number of nitrogens with one attached hydrogen (secondary N) is 1. The van der Waals surface area contributed by atoms with Gasteiger partial charge in [0.2, 0.25) is 0 Å². The maximum atomic E-state index is 13.2. The molecule has 112 valence electrons. The number of rotatable bonds is 3. The zero-order chi connectivity index (χ0) is 16.2. The van der Waals surface area contributed by atoms with Crippen molar-refractivity contribution in [3.05, 3.63) is 35.6 Å². The van der Waals surface area contributed by atoms with Crippen LogP contribution in [0.2, 0.25) is 0 Å². The fourth-order valence-corrected chi connectivity index (χ4v) is 3.77. The number of ether oxygens (including phenoxy) is 2. The Balaban J connectivity index is 2.23. The van der Waals surface area contributed by atoms with E-state index in [1.807, 2.05) is 0 Å².